The van der Waals surface area contributed by atoms with Gasteiger partial charge in [0.25, 0.3) is 5.91 Å². The minimum atomic E-state index is -0.767. The molecule has 31 heavy (non-hydrogen) atoms. The number of anilines is 1. The molecule has 0 radical (unpaired) electrons. The lowest BCUT2D eigenvalue weighted by Crippen LogP contribution is -2.44. The molecule has 1 unspecified atom stereocenters. The Labute approximate surface area is 179 Å². The fraction of sp³-hybridized carbons (Fsp3) is 0.174. The second kappa shape index (κ2) is 8.06. The van der Waals surface area contributed by atoms with Gasteiger partial charge in [-0.3, -0.25) is 9.89 Å². The van der Waals surface area contributed by atoms with E-state index >= 15 is 0 Å². The molecular formula is C23H22FN5O2. The van der Waals surface area contributed by atoms with Crippen LogP contribution in [0.25, 0.3) is 11.3 Å². The van der Waals surface area contributed by atoms with Crippen LogP contribution >= 0.6 is 0 Å². The third-order valence-corrected chi connectivity index (χ3v) is 5.16. The predicted molar refractivity (Wildman–Crippen MR) is 116 cm³/mol. The summed E-state index contributed by atoms with van der Waals surface area (Å²) < 4.78 is 13.8. The summed E-state index contributed by atoms with van der Waals surface area (Å²) in [4.78, 5) is 26.7. The van der Waals surface area contributed by atoms with E-state index in [1.807, 2.05) is 38.1 Å². The molecule has 3 aromatic rings. The normalized spacial score (nSPS) is 16.0. The summed E-state index contributed by atoms with van der Waals surface area (Å²) in [6.07, 6.45) is 1.47. The molecule has 158 valence electrons. The first-order valence-corrected chi connectivity index (χ1v) is 9.76. The Morgan fingerprint density at radius 3 is 2.68 bits per heavy atom. The van der Waals surface area contributed by atoms with Crippen LogP contribution in [0, 0.1) is 19.7 Å². The van der Waals surface area contributed by atoms with Gasteiger partial charge in [-0.25, -0.2) is 9.18 Å². The molecule has 3 amide bonds. The Morgan fingerprint density at radius 1 is 1.16 bits per heavy atom. The third-order valence-electron chi connectivity index (χ3n) is 5.16. The summed E-state index contributed by atoms with van der Waals surface area (Å²) in [6, 6.07) is 12.3. The molecule has 0 spiro atoms. The van der Waals surface area contributed by atoms with Gasteiger partial charge in [-0.2, -0.15) is 5.10 Å². The number of rotatable bonds is 4. The van der Waals surface area contributed by atoms with E-state index in [1.165, 1.54) is 23.2 Å². The molecule has 0 saturated heterocycles. The van der Waals surface area contributed by atoms with Crippen LogP contribution < -0.4 is 10.6 Å². The lowest BCUT2D eigenvalue weighted by Gasteiger charge is -2.30. The molecule has 1 aliphatic rings. The third kappa shape index (κ3) is 4.18. The van der Waals surface area contributed by atoms with Crippen molar-refractivity contribution in [3.05, 3.63) is 82.9 Å². The molecule has 0 aliphatic carbocycles. The quantitative estimate of drug-likeness (QED) is 0.596. The maximum Gasteiger partial charge on any atom is 0.321 e. The van der Waals surface area contributed by atoms with Crippen LogP contribution in [0.4, 0.5) is 14.9 Å². The van der Waals surface area contributed by atoms with Crippen molar-refractivity contribution >= 4 is 17.6 Å². The van der Waals surface area contributed by atoms with Crippen molar-refractivity contribution in [1.29, 1.82) is 0 Å². The molecule has 0 saturated carbocycles. The van der Waals surface area contributed by atoms with Crippen LogP contribution in [-0.4, -0.2) is 34.1 Å². The molecule has 7 nitrogen and oxygen atoms in total. The molecule has 4 rings (SSSR count). The number of amides is 3. The monoisotopic (exact) mass is 419 g/mol. The molecule has 2 aromatic carbocycles. The van der Waals surface area contributed by atoms with Crippen molar-refractivity contribution in [1.82, 2.24) is 20.4 Å². The van der Waals surface area contributed by atoms with Crippen LogP contribution in [-0.2, 0) is 4.79 Å². The minimum absolute atomic E-state index is 0.299. The number of nitrogens with zero attached hydrogens (tertiary/aromatic N) is 2. The largest absolute Gasteiger partial charge is 0.327 e. The van der Waals surface area contributed by atoms with E-state index in [0.717, 1.165) is 22.5 Å². The first kappa shape index (κ1) is 20.3. The van der Waals surface area contributed by atoms with Crippen LogP contribution in [0.5, 0.6) is 0 Å². The highest BCUT2D eigenvalue weighted by molar-refractivity contribution is 6.06. The average Bonchev–Trinajstić information content (AvgIpc) is 3.17. The molecule has 0 fully saturated rings. The van der Waals surface area contributed by atoms with Crippen molar-refractivity contribution in [3.63, 3.8) is 0 Å². The van der Waals surface area contributed by atoms with E-state index in [4.69, 9.17) is 0 Å². The lowest BCUT2D eigenvalue weighted by molar-refractivity contribution is -0.113. The number of benzene rings is 2. The number of carbonyl (C=O) groups is 2. The van der Waals surface area contributed by atoms with E-state index in [2.05, 4.69) is 20.8 Å². The maximum atomic E-state index is 13.8. The second-order valence-electron chi connectivity index (χ2n) is 7.55. The number of aromatic amines is 1. The van der Waals surface area contributed by atoms with Crippen molar-refractivity contribution in [2.45, 2.75) is 19.9 Å². The summed E-state index contributed by atoms with van der Waals surface area (Å²) in [5.74, 6) is -0.831. The Bertz CT molecular complexity index is 1200. The van der Waals surface area contributed by atoms with E-state index in [-0.39, 0.29) is 11.9 Å². The van der Waals surface area contributed by atoms with Crippen LogP contribution in [0.15, 0.2) is 60.3 Å². The van der Waals surface area contributed by atoms with Crippen LogP contribution in [0.2, 0.25) is 0 Å². The zero-order valence-electron chi connectivity index (χ0n) is 17.4. The van der Waals surface area contributed by atoms with Gasteiger partial charge < -0.3 is 15.5 Å². The van der Waals surface area contributed by atoms with Gasteiger partial charge in [-0.15, -0.1) is 0 Å². The molecule has 8 heteroatoms. The average molecular weight is 419 g/mol. The maximum absolute atomic E-state index is 13.8. The number of urea groups is 1. The highest BCUT2D eigenvalue weighted by atomic mass is 19.1. The molecular weight excluding hydrogens is 397 g/mol. The van der Waals surface area contributed by atoms with Gasteiger partial charge in [-0.05, 0) is 49.2 Å². The first-order chi connectivity index (χ1) is 14.8. The number of H-pyrrole nitrogens is 1. The summed E-state index contributed by atoms with van der Waals surface area (Å²) >= 11 is 0. The highest BCUT2D eigenvalue weighted by Gasteiger charge is 2.31. The number of hydrogen-bond acceptors (Lipinski definition) is 3. The zero-order chi connectivity index (χ0) is 22.1. The minimum Gasteiger partial charge on any atom is -0.327 e. The Morgan fingerprint density at radius 2 is 1.97 bits per heavy atom. The highest BCUT2D eigenvalue weighted by Crippen LogP contribution is 2.29. The topological polar surface area (TPSA) is 90.1 Å². The van der Waals surface area contributed by atoms with Crippen LogP contribution in [0.1, 0.15) is 22.9 Å². The predicted octanol–water partition coefficient (Wildman–Crippen LogP) is 4.05. The van der Waals surface area contributed by atoms with Gasteiger partial charge in [0.05, 0.1) is 17.3 Å². The Balaban J connectivity index is 1.66. The van der Waals surface area contributed by atoms with Crippen molar-refractivity contribution in [2.75, 3.05) is 12.4 Å². The standard InChI is InChI=1S/C23H22FN5O2/c1-13-7-8-15(20-9-14(2)27-28-20)11-19(13)25-22(30)18-12-29(3)23(31)26-21(18)16-5-4-6-17(24)10-16/h4-12,21H,1-3H3,(H,25,30)(H,26,31)(H,27,28). The molecule has 1 aromatic heterocycles. The molecule has 1 atom stereocenters. The lowest BCUT2D eigenvalue weighted by atomic mass is 9.96. The number of hydrogen-bond donors (Lipinski definition) is 3. The fourth-order valence-corrected chi connectivity index (χ4v) is 3.46. The fourth-order valence-electron chi connectivity index (χ4n) is 3.46. The number of carbonyl (C=O) groups excluding carboxylic acids is 2. The first-order valence-electron chi connectivity index (χ1n) is 9.76. The summed E-state index contributed by atoms with van der Waals surface area (Å²) in [5.41, 5.74) is 4.85. The number of aryl methyl sites for hydroxylation is 2. The van der Waals surface area contributed by atoms with E-state index < -0.39 is 11.9 Å². The van der Waals surface area contributed by atoms with Gasteiger partial charge in [0, 0.05) is 30.2 Å². The van der Waals surface area contributed by atoms with Crippen molar-refractivity contribution < 1.29 is 14.0 Å². The van der Waals surface area contributed by atoms with Crippen molar-refractivity contribution in [2.24, 2.45) is 0 Å². The molecule has 3 N–H and O–H groups in total. The smallest absolute Gasteiger partial charge is 0.321 e. The van der Waals surface area contributed by atoms with Gasteiger partial charge >= 0.3 is 6.03 Å². The molecule has 0 bridgehead atoms. The van der Waals surface area contributed by atoms with Gasteiger partial charge in [0.15, 0.2) is 0 Å². The van der Waals surface area contributed by atoms with E-state index in [9.17, 15) is 14.0 Å². The van der Waals surface area contributed by atoms with Crippen molar-refractivity contribution in [3.8, 4) is 11.3 Å². The van der Waals surface area contributed by atoms with Gasteiger partial charge in [0.2, 0.25) is 0 Å². The second-order valence-corrected chi connectivity index (χ2v) is 7.55. The van der Waals surface area contributed by atoms with Crippen LogP contribution in [0.3, 0.4) is 0 Å². The summed E-state index contributed by atoms with van der Waals surface area (Å²) in [5, 5.41) is 12.9. The van der Waals surface area contributed by atoms with E-state index in [1.54, 1.807) is 19.2 Å². The molecule has 2 heterocycles. The number of halogens is 1. The summed E-state index contributed by atoms with van der Waals surface area (Å²) in [6.45, 7) is 3.81. The molecule has 1 aliphatic heterocycles. The SMILES string of the molecule is Cc1cc(-c2ccc(C)c(NC(=O)C3=CN(C)C(=O)NC3c3cccc(F)c3)c2)n[nH]1. The van der Waals surface area contributed by atoms with E-state index in [0.29, 0.717) is 16.8 Å². The number of nitrogens with one attached hydrogen (secondary N) is 3. The zero-order valence-corrected chi connectivity index (χ0v) is 17.4. The summed E-state index contributed by atoms with van der Waals surface area (Å²) in [7, 11) is 1.55. The Kier molecular flexibility index (Phi) is 5.29. The number of aromatic nitrogens is 2. The van der Waals surface area contributed by atoms with Gasteiger partial charge in [0.1, 0.15) is 5.82 Å². The Hall–Kier alpha value is -3.94. The van der Waals surface area contributed by atoms with Gasteiger partial charge in [-0.1, -0.05) is 24.3 Å².